The van der Waals surface area contributed by atoms with Crippen molar-refractivity contribution in [2.24, 2.45) is 5.73 Å². The predicted molar refractivity (Wildman–Crippen MR) is 111 cm³/mol. The first kappa shape index (κ1) is 20.3. The van der Waals surface area contributed by atoms with E-state index in [0.717, 1.165) is 0 Å². The van der Waals surface area contributed by atoms with E-state index in [0.29, 0.717) is 39.0 Å². The van der Waals surface area contributed by atoms with Crippen molar-refractivity contribution in [1.82, 2.24) is 14.9 Å². The third-order valence-electron chi connectivity index (χ3n) is 6.00. The number of hydrogen-bond acceptors (Lipinski definition) is 7. The lowest BCUT2D eigenvalue weighted by Gasteiger charge is -2.21. The number of benzene rings is 1. The van der Waals surface area contributed by atoms with Gasteiger partial charge in [0.1, 0.15) is 12.4 Å². The smallest absolute Gasteiger partial charge is 0.340 e. The Bertz CT molecular complexity index is 1400. The third-order valence-corrected chi connectivity index (χ3v) is 6.00. The Morgan fingerprint density at radius 1 is 1.34 bits per heavy atom. The fourth-order valence-corrected chi connectivity index (χ4v) is 4.30. The Hall–Kier alpha value is -3.63. The highest BCUT2D eigenvalue weighted by molar-refractivity contribution is 5.89. The summed E-state index contributed by atoms with van der Waals surface area (Å²) in [7, 11) is 0. The number of carbonyl (C=O) groups excluding carboxylic acids is 2. The maximum atomic E-state index is 14.3. The Morgan fingerprint density at radius 2 is 2.12 bits per heavy atom. The van der Waals surface area contributed by atoms with Crippen LogP contribution in [-0.2, 0) is 34.0 Å². The number of nitrogens with two attached hydrogens (primary N) is 1. The van der Waals surface area contributed by atoms with Gasteiger partial charge in [-0.1, -0.05) is 0 Å². The second kappa shape index (κ2) is 7.21. The summed E-state index contributed by atoms with van der Waals surface area (Å²) in [5.74, 6) is -1.61. The molecule has 4 N–H and O–H groups in total. The average molecular weight is 438 g/mol. The van der Waals surface area contributed by atoms with Gasteiger partial charge >= 0.3 is 5.97 Å². The van der Waals surface area contributed by atoms with Crippen molar-refractivity contribution in [2.45, 2.75) is 32.7 Å². The number of fused-ring (bicyclic) bond motifs is 5. The van der Waals surface area contributed by atoms with Crippen LogP contribution in [0.2, 0.25) is 0 Å². The zero-order chi connectivity index (χ0) is 22.7. The number of esters is 1. The van der Waals surface area contributed by atoms with Crippen LogP contribution in [0.4, 0.5) is 4.39 Å². The number of hydrogen-bond donors (Lipinski definition) is 3. The van der Waals surface area contributed by atoms with Crippen LogP contribution >= 0.6 is 0 Å². The minimum Gasteiger partial charge on any atom is -0.458 e. The highest BCUT2D eigenvalue weighted by Gasteiger charge is 2.34. The minimum absolute atomic E-state index is 0.120. The Kier molecular flexibility index (Phi) is 4.57. The molecule has 9 nitrogen and oxygen atoms in total. The van der Waals surface area contributed by atoms with Gasteiger partial charge in [-0.2, -0.15) is 0 Å². The number of ether oxygens (including phenoxy) is 1. The number of amides is 1. The molecule has 0 fully saturated rings. The summed E-state index contributed by atoms with van der Waals surface area (Å²) in [5, 5.41) is 13.6. The van der Waals surface area contributed by atoms with E-state index in [2.05, 4.69) is 10.3 Å². The van der Waals surface area contributed by atoms with Crippen LogP contribution in [0, 0.1) is 12.7 Å². The molecular weight excluding hydrogens is 419 g/mol. The third kappa shape index (κ3) is 2.91. The number of halogens is 1. The van der Waals surface area contributed by atoms with Gasteiger partial charge in [0.15, 0.2) is 6.10 Å². The number of aromatic nitrogens is 2. The Labute approximate surface area is 180 Å². The summed E-state index contributed by atoms with van der Waals surface area (Å²) in [6.07, 6.45) is -1.56. The standard InChI is InChI=1S/C22H19FN4O5/c1-9-2-10-12(6-25-18(28)5-24)13-7-27-17(19(13)26-16(10)4-15(9)23)3-11-14(21(27)30)8-32-22(31)20(11)29/h2-4,20,29H,5-8,24H2,1H3,(H,25,28)/t20-/m0/s1. The second-order valence-corrected chi connectivity index (χ2v) is 7.88. The van der Waals surface area contributed by atoms with Crippen LogP contribution in [0.3, 0.4) is 0 Å². The molecule has 4 heterocycles. The van der Waals surface area contributed by atoms with E-state index < -0.39 is 23.4 Å². The molecule has 0 saturated heterocycles. The van der Waals surface area contributed by atoms with Gasteiger partial charge in [0.05, 0.1) is 35.6 Å². The maximum Gasteiger partial charge on any atom is 0.340 e. The number of aryl methyl sites for hydroxylation is 1. The molecule has 10 heteroatoms. The second-order valence-electron chi connectivity index (χ2n) is 7.88. The largest absolute Gasteiger partial charge is 0.458 e. The van der Waals surface area contributed by atoms with Crippen LogP contribution < -0.4 is 16.6 Å². The molecule has 2 aliphatic heterocycles. The molecule has 1 aromatic carbocycles. The topological polar surface area (TPSA) is 137 Å². The van der Waals surface area contributed by atoms with Crippen molar-refractivity contribution in [3.63, 3.8) is 0 Å². The van der Waals surface area contributed by atoms with E-state index in [-0.39, 0.29) is 43.3 Å². The van der Waals surface area contributed by atoms with Crippen LogP contribution in [0.1, 0.15) is 33.9 Å². The monoisotopic (exact) mass is 438 g/mol. The molecule has 2 aromatic heterocycles. The number of aliphatic hydroxyl groups excluding tert-OH is 1. The molecule has 5 rings (SSSR count). The lowest BCUT2D eigenvalue weighted by Crippen LogP contribution is -2.32. The summed E-state index contributed by atoms with van der Waals surface area (Å²) < 4.78 is 20.7. The lowest BCUT2D eigenvalue weighted by atomic mass is 9.97. The van der Waals surface area contributed by atoms with Gasteiger partial charge in [-0.15, -0.1) is 0 Å². The summed E-state index contributed by atoms with van der Waals surface area (Å²) in [5.41, 5.74) is 8.42. The van der Waals surface area contributed by atoms with Crippen molar-refractivity contribution in [3.05, 3.63) is 62.2 Å². The van der Waals surface area contributed by atoms with Crippen molar-refractivity contribution < 1.29 is 23.8 Å². The van der Waals surface area contributed by atoms with Crippen LogP contribution in [0.15, 0.2) is 23.0 Å². The molecule has 0 bridgehead atoms. The molecule has 164 valence electrons. The van der Waals surface area contributed by atoms with Crippen LogP contribution in [0.25, 0.3) is 22.3 Å². The number of pyridine rings is 2. The molecule has 1 atom stereocenters. The number of aliphatic hydroxyl groups is 1. The van der Waals surface area contributed by atoms with Gasteiger partial charge in [0.25, 0.3) is 5.56 Å². The van der Waals surface area contributed by atoms with Crippen molar-refractivity contribution >= 4 is 22.8 Å². The van der Waals surface area contributed by atoms with Crippen molar-refractivity contribution in [3.8, 4) is 11.4 Å². The van der Waals surface area contributed by atoms with Crippen LogP contribution in [0.5, 0.6) is 0 Å². The first-order valence-electron chi connectivity index (χ1n) is 10.00. The molecule has 0 aliphatic carbocycles. The number of carbonyl (C=O) groups is 2. The molecular formula is C22H19FN4O5. The molecule has 0 saturated carbocycles. The molecule has 3 aromatic rings. The number of nitrogens with one attached hydrogen (secondary N) is 1. The number of rotatable bonds is 3. The molecule has 32 heavy (non-hydrogen) atoms. The molecule has 2 aliphatic rings. The molecule has 0 unspecified atom stereocenters. The van der Waals surface area contributed by atoms with E-state index in [1.54, 1.807) is 19.1 Å². The molecule has 1 amide bonds. The highest BCUT2D eigenvalue weighted by atomic mass is 19.1. The van der Waals surface area contributed by atoms with Gasteiger partial charge < -0.3 is 25.5 Å². The van der Waals surface area contributed by atoms with Crippen molar-refractivity contribution in [2.75, 3.05) is 6.54 Å². The van der Waals surface area contributed by atoms with Gasteiger partial charge in [0, 0.05) is 29.1 Å². The summed E-state index contributed by atoms with van der Waals surface area (Å²) in [6, 6.07) is 4.53. The fraction of sp³-hybridized carbons (Fsp3) is 0.273. The first-order chi connectivity index (χ1) is 15.3. The Balaban J connectivity index is 1.76. The molecule has 0 radical (unpaired) electrons. The van der Waals surface area contributed by atoms with Gasteiger partial charge in [0.2, 0.25) is 5.91 Å². The van der Waals surface area contributed by atoms with Gasteiger partial charge in [-0.25, -0.2) is 14.2 Å². The number of cyclic esters (lactones) is 1. The lowest BCUT2D eigenvalue weighted by molar-refractivity contribution is -0.157. The fourth-order valence-electron chi connectivity index (χ4n) is 4.30. The van der Waals surface area contributed by atoms with E-state index in [4.69, 9.17) is 10.5 Å². The first-order valence-corrected chi connectivity index (χ1v) is 10.00. The minimum atomic E-state index is -1.56. The quantitative estimate of drug-likeness (QED) is 0.397. The average Bonchev–Trinajstić information content (AvgIpc) is 3.14. The van der Waals surface area contributed by atoms with E-state index >= 15 is 0 Å². The summed E-state index contributed by atoms with van der Waals surface area (Å²) >= 11 is 0. The number of nitrogens with zero attached hydrogens (tertiary/aromatic N) is 2. The predicted octanol–water partition coefficient (Wildman–Crippen LogP) is 0.538. The Morgan fingerprint density at radius 3 is 2.88 bits per heavy atom. The van der Waals surface area contributed by atoms with Gasteiger partial charge in [-0.3, -0.25) is 9.59 Å². The van der Waals surface area contributed by atoms with E-state index in [1.807, 2.05) is 0 Å². The SMILES string of the molecule is Cc1cc2c(CNC(=O)CN)c3c(nc2cc1F)-c1cc2c(c(=O)n1C3)COC(=O)[C@H]2O. The van der Waals surface area contributed by atoms with Crippen molar-refractivity contribution in [1.29, 1.82) is 0 Å². The van der Waals surface area contributed by atoms with Gasteiger partial charge in [-0.05, 0) is 30.2 Å². The zero-order valence-electron chi connectivity index (χ0n) is 17.1. The summed E-state index contributed by atoms with van der Waals surface area (Å²) in [6.45, 7) is 1.52. The molecule has 0 spiro atoms. The van der Waals surface area contributed by atoms with E-state index in [9.17, 15) is 23.9 Å². The van der Waals surface area contributed by atoms with E-state index in [1.165, 1.54) is 10.6 Å². The normalized spacial score (nSPS) is 16.4. The zero-order valence-corrected chi connectivity index (χ0v) is 17.1. The van der Waals surface area contributed by atoms with Crippen LogP contribution in [-0.4, -0.2) is 33.1 Å². The highest BCUT2D eigenvalue weighted by Crippen LogP contribution is 2.38. The maximum absolute atomic E-state index is 14.3. The summed E-state index contributed by atoms with van der Waals surface area (Å²) in [4.78, 5) is 41.4.